The maximum Gasteiger partial charge on any atom is 0.339 e. The standard InChI is InChI=1S/C21H23N3O5/c1-3-22-21(28)23-18(25)14-29-20(27)17-12-8-7-11-16(17)19(26)24(2)13-15-9-5-4-6-10-15/h4-12H,3,13-14H2,1-2H3,(H2,22,23,25,28). The highest BCUT2D eigenvalue weighted by Gasteiger charge is 2.21. The number of ether oxygens (including phenoxy) is 1. The van der Waals surface area contributed by atoms with E-state index in [1.54, 1.807) is 26.1 Å². The van der Waals surface area contributed by atoms with Crippen molar-refractivity contribution >= 4 is 23.8 Å². The molecule has 0 unspecified atom stereocenters. The molecule has 0 heterocycles. The predicted octanol–water partition coefficient (Wildman–Crippen LogP) is 1.96. The molecule has 0 saturated carbocycles. The molecule has 0 aliphatic carbocycles. The molecule has 0 aromatic heterocycles. The van der Waals surface area contributed by atoms with Gasteiger partial charge in [-0.25, -0.2) is 9.59 Å². The molecule has 2 aromatic rings. The zero-order chi connectivity index (χ0) is 21.2. The van der Waals surface area contributed by atoms with Crippen LogP contribution in [-0.4, -0.2) is 48.9 Å². The van der Waals surface area contributed by atoms with E-state index in [9.17, 15) is 19.2 Å². The second-order valence-electron chi connectivity index (χ2n) is 6.18. The summed E-state index contributed by atoms with van der Waals surface area (Å²) in [6.07, 6.45) is 0. The average molecular weight is 397 g/mol. The first kappa shape index (κ1) is 21.6. The summed E-state index contributed by atoms with van der Waals surface area (Å²) in [5, 5.41) is 4.42. The van der Waals surface area contributed by atoms with Crippen molar-refractivity contribution in [3.63, 3.8) is 0 Å². The third kappa shape index (κ3) is 6.46. The van der Waals surface area contributed by atoms with Crippen molar-refractivity contribution in [3.8, 4) is 0 Å². The molecule has 0 fully saturated rings. The van der Waals surface area contributed by atoms with E-state index in [1.165, 1.54) is 17.0 Å². The number of amides is 4. The smallest absolute Gasteiger partial charge is 0.339 e. The molecule has 8 heteroatoms. The van der Waals surface area contributed by atoms with Gasteiger partial charge in [-0.05, 0) is 24.6 Å². The average Bonchev–Trinajstić information content (AvgIpc) is 2.72. The van der Waals surface area contributed by atoms with Gasteiger partial charge in [0.25, 0.3) is 11.8 Å². The lowest BCUT2D eigenvalue weighted by Crippen LogP contribution is -2.41. The normalized spacial score (nSPS) is 10.0. The number of benzene rings is 2. The number of imide groups is 1. The van der Waals surface area contributed by atoms with Crippen molar-refractivity contribution in [1.29, 1.82) is 0 Å². The number of urea groups is 1. The molecule has 0 aliphatic heterocycles. The summed E-state index contributed by atoms with van der Waals surface area (Å²) in [5.74, 6) is -1.95. The van der Waals surface area contributed by atoms with Crippen molar-refractivity contribution in [2.24, 2.45) is 0 Å². The van der Waals surface area contributed by atoms with Crippen LogP contribution in [0.3, 0.4) is 0 Å². The highest BCUT2D eigenvalue weighted by atomic mass is 16.5. The SMILES string of the molecule is CCNC(=O)NC(=O)COC(=O)c1ccccc1C(=O)N(C)Cc1ccccc1. The van der Waals surface area contributed by atoms with Crippen molar-refractivity contribution in [3.05, 3.63) is 71.3 Å². The van der Waals surface area contributed by atoms with Gasteiger partial charge in [0, 0.05) is 20.1 Å². The van der Waals surface area contributed by atoms with Crippen LogP contribution in [0.2, 0.25) is 0 Å². The monoisotopic (exact) mass is 397 g/mol. The van der Waals surface area contributed by atoms with Gasteiger partial charge in [0.1, 0.15) is 0 Å². The maximum absolute atomic E-state index is 12.8. The molecule has 0 aliphatic rings. The van der Waals surface area contributed by atoms with Gasteiger partial charge >= 0.3 is 12.0 Å². The summed E-state index contributed by atoms with van der Waals surface area (Å²) in [6.45, 7) is 1.79. The van der Waals surface area contributed by atoms with E-state index >= 15 is 0 Å². The Balaban J connectivity index is 2.03. The first-order chi connectivity index (χ1) is 13.9. The molecule has 29 heavy (non-hydrogen) atoms. The summed E-state index contributed by atoms with van der Waals surface area (Å²) in [4.78, 5) is 49.7. The van der Waals surface area contributed by atoms with Crippen LogP contribution < -0.4 is 10.6 Å². The molecule has 8 nitrogen and oxygen atoms in total. The number of hydrogen-bond acceptors (Lipinski definition) is 5. The topological polar surface area (TPSA) is 105 Å². The third-order valence-electron chi connectivity index (χ3n) is 3.91. The number of nitrogens with zero attached hydrogens (tertiary/aromatic N) is 1. The van der Waals surface area contributed by atoms with Crippen molar-refractivity contribution in [2.45, 2.75) is 13.5 Å². The van der Waals surface area contributed by atoms with Gasteiger partial charge in [0.2, 0.25) is 0 Å². The number of hydrogen-bond donors (Lipinski definition) is 2. The van der Waals surface area contributed by atoms with Gasteiger partial charge < -0.3 is 15.0 Å². The van der Waals surface area contributed by atoms with Crippen LogP contribution in [0.4, 0.5) is 4.79 Å². The Labute approximate surface area is 168 Å². The van der Waals surface area contributed by atoms with E-state index in [-0.39, 0.29) is 17.0 Å². The fourth-order valence-electron chi connectivity index (χ4n) is 2.56. The van der Waals surface area contributed by atoms with Crippen LogP contribution in [0.15, 0.2) is 54.6 Å². The van der Waals surface area contributed by atoms with E-state index in [4.69, 9.17) is 4.74 Å². The van der Waals surface area contributed by atoms with Gasteiger partial charge in [-0.2, -0.15) is 0 Å². The molecule has 2 N–H and O–H groups in total. The summed E-state index contributed by atoms with van der Waals surface area (Å²) >= 11 is 0. The Morgan fingerprint density at radius 3 is 2.21 bits per heavy atom. The van der Waals surface area contributed by atoms with Crippen molar-refractivity contribution in [2.75, 3.05) is 20.2 Å². The van der Waals surface area contributed by atoms with E-state index in [0.717, 1.165) is 5.56 Å². The highest BCUT2D eigenvalue weighted by Crippen LogP contribution is 2.14. The van der Waals surface area contributed by atoms with Gasteiger partial charge in [-0.1, -0.05) is 42.5 Å². The van der Waals surface area contributed by atoms with Crippen LogP contribution in [0, 0.1) is 0 Å². The first-order valence-corrected chi connectivity index (χ1v) is 9.05. The van der Waals surface area contributed by atoms with Gasteiger partial charge in [0.15, 0.2) is 6.61 Å². The van der Waals surface area contributed by atoms with Gasteiger partial charge in [-0.15, -0.1) is 0 Å². The van der Waals surface area contributed by atoms with Gasteiger partial charge in [-0.3, -0.25) is 14.9 Å². The lowest BCUT2D eigenvalue weighted by atomic mass is 10.1. The van der Waals surface area contributed by atoms with Crippen LogP contribution in [0.1, 0.15) is 33.2 Å². The Kier molecular flexibility index (Phi) is 7.90. The fourth-order valence-corrected chi connectivity index (χ4v) is 2.56. The molecule has 0 atom stereocenters. The number of carbonyl (C=O) groups is 4. The maximum atomic E-state index is 12.8. The molecule has 2 aromatic carbocycles. The van der Waals surface area contributed by atoms with E-state index in [1.807, 2.05) is 35.6 Å². The summed E-state index contributed by atoms with van der Waals surface area (Å²) in [7, 11) is 1.64. The minimum Gasteiger partial charge on any atom is -0.452 e. The Bertz CT molecular complexity index is 883. The molecule has 0 spiro atoms. The zero-order valence-corrected chi connectivity index (χ0v) is 16.3. The molecule has 4 amide bonds. The lowest BCUT2D eigenvalue weighted by Gasteiger charge is -2.19. The molecule has 2 rings (SSSR count). The number of carbonyl (C=O) groups excluding carboxylic acids is 4. The molecule has 0 saturated heterocycles. The number of nitrogens with one attached hydrogen (secondary N) is 2. The molecule has 0 radical (unpaired) electrons. The van der Waals surface area contributed by atoms with E-state index in [0.29, 0.717) is 13.1 Å². The van der Waals surface area contributed by atoms with E-state index in [2.05, 4.69) is 5.32 Å². The number of rotatable bonds is 7. The minimum absolute atomic E-state index is 0.0446. The molecular formula is C21H23N3O5. The third-order valence-corrected chi connectivity index (χ3v) is 3.91. The minimum atomic E-state index is -0.826. The number of esters is 1. The highest BCUT2D eigenvalue weighted by molar-refractivity contribution is 6.05. The Morgan fingerprint density at radius 1 is 0.931 bits per heavy atom. The second-order valence-corrected chi connectivity index (χ2v) is 6.18. The molecule has 0 bridgehead atoms. The largest absolute Gasteiger partial charge is 0.452 e. The summed E-state index contributed by atoms with van der Waals surface area (Å²) < 4.78 is 4.96. The van der Waals surface area contributed by atoms with Crippen molar-refractivity contribution in [1.82, 2.24) is 15.5 Å². The van der Waals surface area contributed by atoms with E-state index < -0.39 is 24.5 Å². The van der Waals surface area contributed by atoms with Crippen LogP contribution in [0.5, 0.6) is 0 Å². The fraction of sp³-hybridized carbons (Fsp3) is 0.238. The summed E-state index contributed by atoms with van der Waals surface area (Å²) in [5.41, 5.74) is 1.16. The van der Waals surface area contributed by atoms with Crippen molar-refractivity contribution < 1.29 is 23.9 Å². The zero-order valence-electron chi connectivity index (χ0n) is 16.3. The van der Waals surface area contributed by atoms with Crippen LogP contribution in [0.25, 0.3) is 0 Å². The van der Waals surface area contributed by atoms with Crippen LogP contribution >= 0.6 is 0 Å². The van der Waals surface area contributed by atoms with Crippen LogP contribution in [-0.2, 0) is 16.1 Å². The quantitative estimate of drug-likeness (QED) is 0.695. The second kappa shape index (κ2) is 10.6. The molecule has 152 valence electrons. The Hall–Kier alpha value is -3.68. The first-order valence-electron chi connectivity index (χ1n) is 9.05. The predicted molar refractivity (Wildman–Crippen MR) is 106 cm³/mol. The lowest BCUT2D eigenvalue weighted by molar-refractivity contribution is -0.123. The summed E-state index contributed by atoms with van der Waals surface area (Å²) in [6, 6.07) is 15.0. The van der Waals surface area contributed by atoms with Gasteiger partial charge in [0.05, 0.1) is 11.1 Å². The Morgan fingerprint density at radius 2 is 1.55 bits per heavy atom. The molecular weight excluding hydrogens is 374 g/mol.